The molecule has 0 aliphatic carbocycles. The maximum atomic E-state index is 13.5. The Morgan fingerprint density at radius 2 is 1.19 bits per heavy atom. The summed E-state index contributed by atoms with van der Waals surface area (Å²) in [6.07, 6.45) is 0. The summed E-state index contributed by atoms with van der Waals surface area (Å²) in [6, 6.07) is 44.5. The second kappa shape index (κ2) is 11.8. The van der Waals surface area contributed by atoms with Crippen LogP contribution >= 0.6 is 7.92 Å². The van der Waals surface area contributed by atoms with E-state index in [1.807, 2.05) is 39.0 Å². The molecule has 5 aromatic carbocycles. The number of hydrogen-bond donors (Lipinski definition) is 1. The first-order valence-corrected chi connectivity index (χ1v) is 17.2. The zero-order valence-corrected chi connectivity index (χ0v) is 27.1. The van der Waals surface area contributed by atoms with Crippen molar-refractivity contribution in [3.8, 4) is 11.5 Å². The van der Waals surface area contributed by atoms with Crippen molar-refractivity contribution in [2.24, 2.45) is 0 Å². The van der Waals surface area contributed by atoms with E-state index in [4.69, 9.17) is 4.74 Å². The van der Waals surface area contributed by atoms with Crippen LogP contribution in [0.4, 0.5) is 0 Å². The van der Waals surface area contributed by atoms with Crippen LogP contribution in [0.1, 0.15) is 62.9 Å². The Balaban J connectivity index is 1.55. The third-order valence-corrected chi connectivity index (χ3v) is 12.1. The Hall–Kier alpha value is -3.56. The fourth-order valence-electron chi connectivity index (χ4n) is 5.76. The molecule has 1 N–H and O–H groups in total. The van der Waals surface area contributed by atoms with Gasteiger partial charge in [0.05, 0.1) is 21.8 Å². The molecule has 43 heavy (non-hydrogen) atoms. The van der Waals surface area contributed by atoms with Gasteiger partial charge >= 0.3 is 0 Å². The number of fused-ring (bicyclic) bond motifs is 2. The zero-order valence-electron chi connectivity index (χ0n) is 25.4. The summed E-state index contributed by atoms with van der Waals surface area (Å²) >= 11 is 0. The lowest BCUT2D eigenvalue weighted by Gasteiger charge is -2.38. The van der Waals surface area contributed by atoms with Gasteiger partial charge in [0.2, 0.25) is 0 Å². The molecule has 5 heteroatoms. The van der Waals surface area contributed by atoms with E-state index in [0.717, 1.165) is 28.2 Å². The van der Waals surface area contributed by atoms with Gasteiger partial charge in [0, 0.05) is 27.4 Å². The highest BCUT2D eigenvalue weighted by Crippen LogP contribution is 2.52. The van der Waals surface area contributed by atoms with Gasteiger partial charge in [-0.05, 0) is 44.9 Å². The predicted octanol–water partition coefficient (Wildman–Crippen LogP) is 8.02. The van der Waals surface area contributed by atoms with Gasteiger partial charge in [-0.15, -0.1) is 0 Å². The predicted molar refractivity (Wildman–Crippen MR) is 183 cm³/mol. The number of hydrogen-bond acceptors (Lipinski definition) is 2. The molecule has 0 aromatic heterocycles. The smallest absolute Gasteiger partial charge is 0.139 e. The van der Waals surface area contributed by atoms with E-state index < -0.39 is 23.7 Å². The minimum atomic E-state index is -1.30. The van der Waals surface area contributed by atoms with Crippen LogP contribution in [-0.2, 0) is 16.4 Å². The Morgan fingerprint density at radius 1 is 0.674 bits per heavy atom. The van der Waals surface area contributed by atoms with Crippen molar-refractivity contribution in [2.75, 3.05) is 0 Å². The number of benzene rings is 5. The van der Waals surface area contributed by atoms with Gasteiger partial charge < -0.3 is 4.74 Å². The van der Waals surface area contributed by atoms with Crippen molar-refractivity contribution in [3.05, 3.63) is 150 Å². The average molecular weight is 604 g/mol. The summed E-state index contributed by atoms with van der Waals surface area (Å²) in [5, 5.41) is 3.75. The highest BCUT2D eigenvalue weighted by molar-refractivity contribution is 7.84. The van der Waals surface area contributed by atoms with Crippen LogP contribution in [0.2, 0.25) is 0 Å². The fraction of sp³-hybridized carbons (Fsp3) is 0.211. The minimum absolute atomic E-state index is 0.312. The van der Waals surface area contributed by atoms with Crippen molar-refractivity contribution in [1.29, 1.82) is 0 Å². The van der Waals surface area contributed by atoms with E-state index in [0.29, 0.717) is 0 Å². The van der Waals surface area contributed by atoms with Crippen molar-refractivity contribution in [3.63, 3.8) is 0 Å². The fourth-order valence-corrected chi connectivity index (χ4v) is 8.99. The molecule has 0 unspecified atom stereocenters. The summed E-state index contributed by atoms with van der Waals surface area (Å²) in [7, 11) is -2.18. The average Bonchev–Trinajstić information content (AvgIpc) is 3.01. The normalized spacial score (nSPS) is 15.2. The van der Waals surface area contributed by atoms with Crippen molar-refractivity contribution >= 4 is 34.8 Å². The molecule has 6 rings (SSSR count). The summed E-state index contributed by atoms with van der Waals surface area (Å²) < 4.78 is 23.7. The van der Waals surface area contributed by atoms with E-state index in [-0.39, 0.29) is 11.5 Å². The number of para-hydroxylation sites is 2. The first-order chi connectivity index (χ1) is 20.7. The van der Waals surface area contributed by atoms with Gasteiger partial charge in [-0.25, -0.2) is 8.93 Å². The Kier molecular flexibility index (Phi) is 8.13. The first kappa shape index (κ1) is 29.5. The van der Waals surface area contributed by atoms with Gasteiger partial charge in [0.25, 0.3) is 0 Å². The van der Waals surface area contributed by atoms with Gasteiger partial charge in [0.15, 0.2) is 0 Å². The van der Waals surface area contributed by atoms with Crippen LogP contribution in [0.15, 0.2) is 127 Å². The van der Waals surface area contributed by atoms with Gasteiger partial charge in [-0.1, -0.05) is 141 Å². The Labute approximate surface area is 259 Å². The third-order valence-electron chi connectivity index (χ3n) is 8.09. The SMILES string of the molecule is CC1(C)c2cccc([C@@H](N[S@](=O)C(C)(C)C)c3ccccc3)c2Oc2c(P(c3ccccc3)c3ccccc3)cccc21. The molecule has 0 radical (unpaired) electrons. The first-order valence-electron chi connectivity index (χ1n) is 14.7. The molecule has 1 heterocycles. The highest BCUT2D eigenvalue weighted by atomic mass is 32.2. The van der Waals surface area contributed by atoms with Crippen LogP contribution in [0.5, 0.6) is 11.5 Å². The topological polar surface area (TPSA) is 38.3 Å². The van der Waals surface area contributed by atoms with Crippen molar-refractivity contribution in [1.82, 2.24) is 4.72 Å². The molecule has 2 atom stereocenters. The van der Waals surface area contributed by atoms with Crippen LogP contribution in [-0.4, -0.2) is 8.96 Å². The molecule has 0 amide bonds. The minimum Gasteiger partial charge on any atom is -0.456 e. The summed E-state index contributed by atoms with van der Waals surface area (Å²) in [4.78, 5) is 0. The number of nitrogens with one attached hydrogen (secondary N) is 1. The lowest BCUT2D eigenvalue weighted by atomic mass is 9.74. The molecule has 218 valence electrons. The van der Waals surface area contributed by atoms with Gasteiger partial charge in [-0.2, -0.15) is 0 Å². The van der Waals surface area contributed by atoms with E-state index in [2.05, 4.69) is 128 Å². The van der Waals surface area contributed by atoms with E-state index in [1.54, 1.807) is 0 Å². The van der Waals surface area contributed by atoms with E-state index >= 15 is 0 Å². The monoisotopic (exact) mass is 603 g/mol. The van der Waals surface area contributed by atoms with Crippen molar-refractivity contribution in [2.45, 2.75) is 50.8 Å². The molecule has 5 aromatic rings. The lowest BCUT2D eigenvalue weighted by Crippen LogP contribution is -2.37. The Bertz CT molecular complexity index is 1710. The van der Waals surface area contributed by atoms with E-state index in [1.165, 1.54) is 21.5 Å². The second-order valence-electron chi connectivity index (χ2n) is 12.5. The van der Waals surface area contributed by atoms with E-state index in [9.17, 15) is 4.21 Å². The maximum absolute atomic E-state index is 13.5. The molecular formula is C38H38NO2PS. The zero-order chi connectivity index (χ0) is 30.2. The summed E-state index contributed by atoms with van der Waals surface area (Å²) in [5.41, 5.74) is 4.02. The molecule has 1 aliphatic heterocycles. The quantitative estimate of drug-likeness (QED) is 0.191. The van der Waals surface area contributed by atoms with Crippen LogP contribution in [0.3, 0.4) is 0 Å². The van der Waals surface area contributed by atoms with Crippen molar-refractivity contribution < 1.29 is 8.95 Å². The highest BCUT2D eigenvalue weighted by Gasteiger charge is 2.39. The molecule has 0 bridgehead atoms. The van der Waals surface area contributed by atoms with Gasteiger partial charge in [0.1, 0.15) is 11.5 Å². The standard InChI is InChI=1S/C38H38NO2PS/c1-37(2,3)43(40)39-34(27-17-9-6-10-18-27)30-23-15-24-31-35(30)41-36-32(38(31,4)5)25-16-26-33(36)42(28-19-11-7-12-20-28)29-21-13-8-14-22-29/h6-26,34,39H,1-5H3/t34-,43+/m0/s1. The van der Waals surface area contributed by atoms with Crippen LogP contribution in [0, 0.1) is 0 Å². The summed E-state index contributed by atoms with van der Waals surface area (Å²) in [5.74, 6) is 1.77. The molecule has 3 nitrogen and oxygen atoms in total. The second-order valence-corrected chi connectivity index (χ2v) is 16.6. The maximum Gasteiger partial charge on any atom is 0.139 e. The van der Waals surface area contributed by atoms with Crippen LogP contribution < -0.4 is 25.4 Å². The molecule has 0 fully saturated rings. The van der Waals surface area contributed by atoms with Gasteiger partial charge in [-0.3, -0.25) is 0 Å². The summed E-state index contributed by atoms with van der Waals surface area (Å²) in [6.45, 7) is 10.6. The lowest BCUT2D eigenvalue weighted by molar-refractivity contribution is 0.413. The van der Waals surface area contributed by atoms with Crippen LogP contribution in [0.25, 0.3) is 0 Å². The molecule has 0 saturated heterocycles. The number of ether oxygens (including phenoxy) is 1. The molecule has 1 aliphatic rings. The molecular weight excluding hydrogens is 565 g/mol. The Morgan fingerprint density at radius 3 is 1.74 bits per heavy atom. The molecule has 0 saturated carbocycles. The number of rotatable bonds is 7. The largest absolute Gasteiger partial charge is 0.456 e. The third kappa shape index (κ3) is 5.72. The molecule has 0 spiro atoms.